The fourth-order valence-corrected chi connectivity index (χ4v) is 5.29. The molecule has 0 spiro atoms. The first-order valence-corrected chi connectivity index (χ1v) is 14.1. The highest BCUT2D eigenvalue weighted by atomic mass is 35.5. The predicted molar refractivity (Wildman–Crippen MR) is 157 cm³/mol. The summed E-state index contributed by atoms with van der Waals surface area (Å²) >= 11 is 12.3. The highest BCUT2D eigenvalue weighted by Crippen LogP contribution is 2.37. The third-order valence-electron chi connectivity index (χ3n) is 7.39. The number of aromatic nitrogens is 1. The smallest absolute Gasteiger partial charge is 0.361 e. The zero-order valence-corrected chi connectivity index (χ0v) is 24.8. The van der Waals surface area contributed by atoms with E-state index in [0.717, 1.165) is 34.3 Å². The first-order valence-electron chi connectivity index (χ1n) is 13.4. The number of amides is 1. The van der Waals surface area contributed by atoms with Gasteiger partial charge in [0.15, 0.2) is 0 Å². The van der Waals surface area contributed by atoms with Crippen LogP contribution >= 0.6 is 23.2 Å². The second kappa shape index (κ2) is 13.2. The van der Waals surface area contributed by atoms with Crippen molar-refractivity contribution in [2.75, 3.05) is 33.7 Å². The van der Waals surface area contributed by atoms with Crippen molar-refractivity contribution in [1.82, 2.24) is 14.8 Å². The second-order valence-electron chi connectivity index (χ2n) is 10.6. The molecule has 4 nitrogen and oxygen atoms in total. The molecule has 12 heteroatoms. The Morgan fingerprint density at radius 3 is 2.14 bits per heavy atom. The van der Waals surface area contributed by atoms with Gasteiger partial charge in [-0.15, -0.1) is 0 Å². The predicted octanol–water partition coefficient (Wildman–Crippen LogP) is 8.93. The van der Waals surface area contributed by atoms with Crippen LogP contribution in [0, 0.1) is 0 Å². The molecule has 1 heterocycles. The van der Waals surface area contributed by atoms with Gasteiger partial charge in [-0.25, -0.2) is 0 Å². The van der Waals surface area contributed by atoms with Crippen molar-refractivity contribution < 1.29 is 31.1 Å². The lowest BCUT2D eigenvalue weighted by Crippen LogP contribution is -2.33. The van der Waals surface area contributed by atoms with Crippen molar-refractivity contribution in [3.63, 3.8) is 0 Å². The Kier molecular flexibility index (Phi) is 10.0. The van der Waals surface area contributed by atoms with Gasteiger partial charge >= 0.3 is 12.4 Å². The van der Waals surface area contributed by atoms with Gasteiger partial charge in [0.25, 0.3) is 5.91 Å². The molecule has 1 aromatic heterocycles. The van der Waals surface area contributed by atoms with E-state index in [-0.39, 0.29) is 18.5 Å². The first kappa shape index (κ1) is 32.7. The molecule has 0 saturated heterocycles. The Hall–Kier alpha value is -3.21. The molecule has 1 amide bonds. The lowest BCUT2D eigenvalue weighted by atomic mass is 9.94. The van der Waals surface area contributed by atoms with E-state index < -0.39 is 35.0 Å². The Balaban J connectivity index is 1.51. The second-order valence-corrected chi connectivity index (χ2v) is 11.4. The van der Waals surface area contributed by atoms with E-state index in [9.17, 15) is 31.1 Å². The summed E-state index contributed by atoms with van der Waals surface area (Å²) in [4.78, 5) is 19.7. The third kappa shape index (κ3) is 8.25. The van der Waals surface area contributed by atoms with E-state index >= 15 is 0 Å². The third-order valence-corrected chi connectivity index (χ3v) is 8.13. The molecule has 4 aromatic rings. The Morgan fingerprint density at radius 2 is 1.51 bits per heavy atom. The van der Waals surface area contributed by atoms with Crippen molar-refractivity contribution in [3.05, 3.63) is 105 Å². The molecule has 43 heavy (non-hydrogen) atoms. The minimum Gasteiger partial charge on any atom is -0.361 e. The summed E-state index contributed by atoms with van der Waals surface area (Å²) in [5.74, 6) is -1.30. The zero-order valence-electron chi connectivity index (χ0n) is 23.3. The normalized spacial score (nSPS) is 13.1. The number of H-pyrrole nitrogens is 1. The Labute approximate surface area is 255 Å². The molecule has 3 aromatic carbocycles. The van der Waals surface area contributed by atoms with Crippen molar-refractivity contribution in [2.45, 2.75) is 31.1 Å². The fourth-order valence-electron chi connectivity index (χ4n) is 4.98. The average Bonchev–Trinajstić information content (AvgIpc) is 3.37. The summed E-state index contributed by atoms with van der Waals surface area (Å²) in [6.07, 6.45) is -6.83. The molecule has 4 rings (SSSR count). The summed E-state index contributed by atoms with van der Waals surface area (Å²) in [6.45, 7) is 1.34. The monoisotopic (exact) mass is 643 g/mol. The standard InChI is InChI=1S/C31H29Cl2F6N3O/c1-41(11-9-20-17-40-28-6-4-3-5-25(20)28)12-10-21(19-7-8-26(32)27(33)15-19)18-42(2)29(43)22-13-23(30(34,35)36)16-24(14-22)31(37,38)39/h3-8,13-17,21,40H,9-12,18H2,1-2H3. The number of alkyl halides is 6. The maximum atomic E-state index is 13.4. The summed E-state index contributed by atoms with van der Waals surface area (Å²) < 4.78 is 80.3. The number of benzene rings is 3. The van der Waals surface area contributed by atoms with Crippen LogP contribution in [-0.4, -0.2) is 54.4 Å². The van der Waals surface area contributed by atoms with Crippen molar-refractivity contribution in [3.8, 4) is 0 Å². The Bertz CT molecular complexity index is 1550. The summed E-state index contributed by atoms with van der Waals surface area (Å²) in [7, 11) is 3.30. The van der Waals surface area contributed by atoms with Gasteiger partial charge in [-0.05, 0) is 74.0 Å². The van der Waals surface area contributed by atoms with Crippen molar-refractivity contribution in [1.29, 1.82) is 0 Å². The van der Waals surface area contributed by atoms with Crippen molar-refractivity contribution in [2.24, 2.45) is 0 Å². The number of carbonyl (C=O) groups is 1. The van der Waals surface area contributed by atoms with Crippen molar-refractivity contribution >= 4 is 40.0 Å². The maximum Gasteiger partial charge on any atom is 0.416 e. The molecule has 1 atom stereocenters. The summed E-state index contributed by atoms with van der Waals surface area (Å²) in [6, 6.07) is 13.9. The van der Waals surface area contributed by atoms with Gasteiger partial charge in [-0.3, -0.25) is 4.79 Å². The van der Waals surface area contributed by atoms with E-state index in [1.54, 1.807) is 18.2 Å². The number of rotatable bonds is 10. The molecule has 1 N–H and O–H groups in total. The lowest BCUT2D eigenvalue weighted by molar-refractivity contribution is -0.143. The maximum absolute atomic E-state index is 13.4. The number of para-hydroxylation sites is 1. The number of halogens is 8. The molecule has 0 aliphatic rings. The zero-order chi connectivity index (χ0) is 31.5. The van der Waals surface area contributed by atoms with Crippen LogP contribution in [0.2, 0.25) is 10.0 Å². The van der Waals surface area contributed by atoms with Gasteiger partial charge < -0.3 is 14.8 Å². The van der Waals surface area contributed by atoms with Crippen LogP contribution in [0.4, 0.5) is 26.3 Å². The van der Waals surface area contributed by atoms with E-state index in [1.807, 2.05) is 31.4 Å². The molecule has 0 aliphatic heterocycles. The van der Waals surface area contributed by atoms with Crippen LogP contribution in [-0.2, 0) is 18.8 Å². The largest absolute Gasteiger partial charge is 0.416 e. The fraction of sp³-hybridized carbons (Fsp3) is 0.323. The number of aromatic amines is 1. The molecule has 0 saturated carbocycles. The number of carbonyl (C=O) groups excluding carboxylic acids is 1. The molecule has 230 valence electrons. The number of nitrogens with zero attached hydrogens (tertiary/aromatic N) is 2. The molecule has 0 fully saturated rings. The number of hydrogen-bond donors (Lipinski definition) is 1. The minimum atomic E-state index is -5.06. The lowest BCUT2D eigenvalue weighted by Gasteiger charge is -2.27. The topological polar surface area (TPSA) is 39.3 Å². The van der Waals surface area contributed by atoms with Crippen LogP contribution in [0.25, 0.3) is 10.9 Å². The van der Waals surface area contributed by atoms with Crippen LogP contribution < -0.4 is 0 Å². The van der Waals surface area contributed by atoms with E-state index in [1.165, 1.54) is 12.6 Å². The quantitative estimate of drug-likeness (QED) is 0.175. The van der Waals surface area contributed by atoms with Crippen LogP contribution in [0.15, 0.2) is 66.9 Å². The Morgan fingerprint density at radius 1 is 0.860 bits per heavy atom. The van der Waals surface area contributed by atoms with Gasteiger partial charge in [-0.1, -0.05) is 47.5 Å². The molecule has 0 bridgehead atoms. The average molecular weight is 644 g/mol. The first-order chi connectivity index (χ1) is 20.1. The van der Waals surface area contributed by atoms with E-state index in [4.69, 9.17) is 23.2 Å². The minimum absolute atomic E-state index is 0.00140. The molecule has 1 unspecified atom stereocenters. The number of nitrogens with one attached hydrogen (secondary N) is 1. The molecular weight excluding hydrogens is 615 g/mol. The van der Waals surface area contributed by atoms with Gasteiger partial charge in [-0.2, -0.15) is 26.3 Å². The van der Waals surface area contributed by atoms with Crippen LogP contribution in [0.1, 0.15) is 45.0 Å². The van der Waals surface area contributed by atoms with Gasteiger partial charge in [0.05, 0.1) is 21.2 Å². The van der Waals surface area contributed by atoms with Crippen LogP contribution in [0.5, 0.6) is 0 Å². The van der Waals surface area contributed by atoms with Gasteiger partial charge in [0.1, 0.15) is 0 Å². The van der Waals surface area contributed by atoms with Gasteiger partial charge in [0.2, 0.25) is 0 Å². The van der Waals surface area contributed by atoms with E-state index in [0.29, 0.717) is 35.1 Å². The number of likely N-dealkylation sites (N-methyl/N-ethyl adjacent to an activating group) is 2. The van der Waals surface area contributed by atoms with Crippen LogP contribution in [0.3, 0.4) is 0 Å². The highest BCUT2D eigenvalue weighted by Gasteiger charge is 2.38. The summed E-state index contributed by atoms with van der Waals surface area (Å²) in [5.41, 5.74) is -0.829. The SMILES string of the molecule is CN(CCc1c[nH]c2ccccc12)CCC(CN(C)C(=O)c1cc(C(F)(F)F)cc(C(F)(F)F)c1)c1ccc(Cl)c(Cl)c1. The number of fused-ring (bicyclic) bond motifs is 1. The van der Waals surface area contributed by atoms with Gasteiger partial charge in [0, 0.05) is 48.7 Å². The number of hydrogen-bond acceptors (Lipinski definition) is 2. The van der Waals surface area contributed by atoms with E-state index in [2.05, 4.69) is 16.0 Å². The molecule has 0 radical (unpaired) electrons. The highest BCUT2D eigenvalue weighted by molar-refractivity contribution is 6.42. The summed E-state index contributed by atoms with van der Waals surface area (Å²) in [5, 5.41) is 1.76. The molecule has 0 aliphatic carbocycles. The molecular formula is C31H29Cl2F6N3O.